The van der Waals surface area contributed by atoms with Crippen LogP contribution in [-0.2, 0) is 37.1 Å². The number of phosphoric ester groups is 1. The fourth-order valence-corrected chi connectivity index (χ4v) is 8.61. The number of aromatic nitrogens is 2. The van der Waals surface area contributed by atoms with Gasteiger partial charge >= 0.3 is 29.2 Å². The number of phosphoric acid groups is 3. The number of benzene rings is 3. The number of hydrogen-bond donors (Lipinski definition) is 5. The zero-order valence-electron chi connectivity index (χ0n) is 24.3. The van der Waals surface area contributed by atoms with E-state index in [1.807, 2.05) is 95.9 Å². The fourth-order valence-electron chi connectivity index (χ4n) is 5.56. The zero-order chi connectivity index (χ0) is 33.9. The maximum Gasteiger partial charge on any atom is 0.490 e. The third-order valence-corrected chi connectivity index (χ3v) is 11.0. The Morgan fingerprint density at radius 2 is 1.26 bits per heavy atom. The lowest BCUT2D eigenvalue weighted by atomic mass is 9.75. The van der Waals surface area contributed by atoms with Crippen molar-refractivity contribution >= 4 is 23.5 Å². The van der Waals surface area contributed by atoms with Crippen molar-refractivity contribution in [2.75, 3.05) is 19.7 Å². The van der Waals surface area contributed by atoms with Gasteiger partial charge in [-0.2, -0.15) is 8.62 Å². The Labute approximate surface area is 267 Å². The minimum atomic E-state index is -5.77. The van der Waals surface area contributed by atoms with Crippen LogP contribution in [0.4, 0.5) is 0 Å². The molecule has 0 radical (unpaired) electrons. The quantitative estimate of drug-likeness (QED) is 0.105. The molecule has 47 heavy (non-hydrogen) atoms. The second-order valence-electron chi connectivity index (χ2n) is 10.3. The van der Waals surface area contributed by atoms with Crippen LogP contribution >= 0.6 is 23.5 Å². The number of rotatable bonds is 12. The lowest BCUT2D eigenvalue weighted by Gasteiger charge is -2.50. The normalized spacial score (nSPS) is 20.3. The highest BCUT2D eigenvalue weighted by Crippen LogP contribution is 2.66. The van der Waals surface area contributed by atoms with E-state index in [1.54, 1.807) is 0 Å². The van der Waals surface area contributed by atoms with Gasteiger partial charge in [0.25, 0.3) is 5.56 Å². The van der Waals surface area contributed by atoms with Gasteiger partial charge in [0.15, 0.2) is 6.23 Å². The minimum Gasteiger partial charge on any atom is -0.350 e. The van der Waals surface area contributed by atoms with Gasteiger partial charge in [-0.1, -0.05) is 91.0 Å². The summed E-state index contributed by atoms with van der Waals surface area (Å²) < 4.78 is 55.5. The molecule has 19 heteroatoms. The highest BCUT2D eigenvalue weighted by Gasteiger charge is 2.47. The van der Waals surface area contributed by atoms with Crippen LogP contribution < -0.4 is 11.2 Å². The van der Waals surface area contributed by atoms with Crippen LogP contribution in [-0.4, -0.2) is 59.8 Å². The number of aromatic amines is 1. The van der Waals surface area contributed by atoms with Gasteiger partial charge in [0, 0.05) is 25.4 Å². The second kappa shape index (κ2) is 14.0. The van der Waals surface area contributed by atoms with Crippen LogP contribution in [0.2, 0.25) is 0 Å². The van der Waals surface area contributed by atoms with Gasteiger partial charge in [-0.05, 0) is 16.7 Å². The summed E-state index contributed by atoms with van der Waals surface area (Å²) in [5.74, 6) is 0. The summed E-state index contributed by atoms with van der Waals surface area (Å²) >= 11 is 0. The van der Waals surface area contributed by atoms with E-state index in [0.29, 0.717) is 0 Å². The Hall–Kier alpha value is -3.33. The van der Waals surface area contributed by atoms with Gasteiger partial charge in [-0.15, -0.1) is 0 Å². The molecule has 4 unspecified atom stereocenters. The molecule has 1 aliphatic heterocycles. The number of nitrogens with zero attached hydrogens (tertiary/aromatic N) is 2. The van der Waals surface area contributed by atoms with Crippen molar-refractivity contribution in [2.24, 2.45) is 0 Å². The van der Waals surface area contributed by atoms with E-state index < -0.39 is 59.2 Å². The lowest BCUT2D eigenvalue weighted by molar-refractivity contribution is -0.149. The molecular weight excluding hydrogens is 679 g/mol. The Balaban J connectivity index is 1.60. The Morgan fingerprint density at radius 3 is 1.72 bits per heavy atom. The van der Waals surface area contributed by atoms with E-state index in [9.17, 15) is 33.1 Å². The molecular formula is C28H30N3O13P3. The van der Waals surface area contributed by atoms with Crippen molar-refractivity contribution < 1.29 is 51.2 Å². The summed E-state index contributed by atoms with van der Waals surface area (Å²) in [6.45, 7) is -0.761. The molecule has 5 N–H and O–H groups in total. The predicted octanol–water partition coefficient (Wildman–Crippen LogP) is 3.07. The third kappa shape index (κ3) is 8.40. The van der Waals surface area contributed by atoms with Gasteiger partial charge in [0.1, 0.15) is 0 Å². The number of nitrogens with one attached hydrogen (secondary N) is 1. The summed E-state index contributed by atoms with van der Waals surface area (Å²) in [7, 11) is -16.9. The summed E-state index contributed by atoms with van der Waals surface area (Å²) in [6.07, 6.45) is -1.02. The maximum absolute atomic E-state index is 12.9. The topological polar surface area (TPSA) is 227 Å². The Kier molecular flexibility index (Phi) is 10.4. The van der Waals surface area contributed by atoms with Crippen molar-refractivity contribution in [3.63, 3.8) is 0 Å². The van der Waals surface area contributed by atoms with Crippen molar-refractivity contribution in [2.45, 2.75) is 17.9 Å². The first-order valence-electron chi connectivity index (χ1n) is 13.9. The van der Waals surface area contributed by atoms with Crippen LogP contribution in [0.15, 0.2) is 113 Å². The van der Waals surface area contributed by atoms with Crippen molar-refractivity contribution in [3.8, 4) is 0 Å². The average Bonchev–Trinajstić information content (AvgIpc) is 3.00. The number of hydrogen-bond acceptors (Lipinski definition) is 10. The van der Waals surface area contributed by atoms with Crippen LogP contribution in [0.25, 0.3) is 0 Å². The molecule has 0 saturated carbocycles. The molecule has 0 aliphatic carbocycles. The van der Waals surface area contributed by atoms with E-state index in [4.69, 9.17) is 19.0 Å². The Bertz CT molecular complexity index is 1840. The van der Waals surface area contributed by atoms with Crippen molar-refractivity contribution in [3.05, 3.63) is 141 Å². The fraction of sp³-hybridized carbons (Fsp3) is 0.214. The van der Waals surface area contributed by atoms with E-state index in [0.717, 1.165) is 27.3 Å². The van der Waals surface area contributed by atoms with Crippen LogP contribution in [0, 0.1) is 0 Å². The monoisotopic (exact) mass is 709 g/mol. The zero-order valence-corrected chi connectivity index (χ0v) is 27.0. The number of ether oxygens (including phenoxy) is 1. The molecule has 4 aromatic rings. The van der Waals surface area contributed by atoms with Crippen molar-refractivity contribution in [1.29, 1.82) is 0 Å². The standard InChI is InChI=1S/C28H30N3O13P3/c32-25-16-17-31(27(33)29-25)26-19-30(18-24(42-26)20-41-46(37,38)44-47(39,40)43-45(34,35)36)28(21-10-4-1-5-11-21,22-12-6-2-7-13-22)23-14-8-3-9-15-23/h1-17,24,26H,18-20H2,(H,37,38)(H,39,40)(H,29,32,33)(H2,34,35,36). The van der Waals surface area contributed by atoms with E-state index in [-0.39, 0.29) is 13.1 Å². The smallest absolute Gasteiger partial charge is 0.350 e. The molecule has 0 spiro atoms. The van der Waals surface area contributed by atoms with Gasteiger partial charge < -0.3 is 24.3 Å². The average molecular weight is 709 g/mol. The third-order valence-electron chi connectivity index (χ3n) is 7.20. The van der Waals surface area contributed by atoms with Crippen molar-refractivity contribution in [1.82, 2.24) is 14.5 Å². The number of morpholine rings is 1. The van der Waals surface area contributed by atoms with Gasteiger partial charge in [-0.3, -0.25) is 23.8 Å². The van der Waals surface area contributed by atoms with Crippen LogP contribution in [0.1, 0.15) is 22.9 Å². The number of H-pyrrole nitrogens is 1. The molecule has 3 aromatic carbocycles. The highest BCUT2D eigenvalue weighted by molar-refractivity contribution is 7.66. The van der Waals surface area contributed by atoms with E-state index in [1.165, 1.54) is 6.20 Å². The molecule has 16 nitrogen and oxygen atoms in total. The largest absolute Gasteiger partial charge is 0.490 e. The summed E-state index contributed by atoms with van der Waals surface area (Å²) in [5.41, 5.74) is -0.0422. The molecule has 4 atom stereocenters. The SMILES string of the molecule is O=c1ccn(C2CN(C(c3ccccc3)(c3ccccc3)c3ccccc3)CC(COP(=O)(O)OP(=O)(O)OP(=O)(O)O)O2)c(=O)[nH]1. The molecule has 250 valence electrons. The first-order chi connectivity index (χ1) is 22.2. The van der Waals surface area contributed by atoms with Gasteiger partial charge in [0.05, 0.1) is 18.2 Å². The highest BCUT2D eigenvalue weighted by atomic mass is 31.3. The molecule has 2 heterocycles. The predicted molar refractivity (Wildman–Crippen MR) is 166 cm³/mol. The molecule has 0 amide bonds. The summed E-state index contributed by atoms with van der Waals surface area (Å²) in [5, 5.41) is 0. The van der Waals surface area contributed by atoms with E-state index in [2.05, 4.69) is 13.6 Å². The van der Waals surface area contributed by atoms with E-state index >= 15 is 0 Å². The molecule has 1 fully saturated rings. The summed E-state index contributed by atoms with van der Waals surface area (Å²) in [6, 6.07) is 29.5. The molecule has 0 bridgehead atoms. The van der Waals surface area contributed by atoms with Crippen LogP contribution in [0.3, 0.4) is 0 Å². The first-order valence-corrected chi connectivity index (χ1v) is 18.4. The van der Waals surface area contributed by atoms with Gasteiger partial charge in [0.2, 0.25) is 0 Å². The second-order valence-corrected chi connectivity index (χ2v) is 14.8. The molecule has 5 rings (SSSR count). The van der Waals surface area contributed by atoms with Gasteiger partial charge in [-0.25, -0.2) is 18.5 Å². The molecule has 1 aromatic heterocycles. The van der Waals surface area contributed by atoms with Crippen LogP contribution in [0.5, 0.6) is 0 Å². The Morgan fingerprint density at radius 1 is 0.745 bits per heavy atom. The maximum atomic E-state index is 12.9. The summed E-state index contributed by atoms with van der Waals surface area (Å²) in [4.78, 5) is 66.4. The minimum absolute atomic E-state index is 0.0247. The molecule has 1 aliphatic rings. The molecule has 1 saturated heterocycles. The first kappa shape index (κ1) is 35.0. The lowest BCUT2D eigenvalue weighted by Crippen LogP contribution is -2.58.